The Kier molecular flexibility index (Phi) is 4.20. The van der Waals surface area contributed by atoms with Crippen LogP contribution in [-0.2, 0) is 4.79 Å². The molecule has 1 fully saturated rings. The Morgan fingerprint density at radius 3 is 2.69 bits per heavy atom. The number of rotatable bonds is 2. The molecule has 6 heteroatoms. The first-order chi connectivity index (χ1) is 12.5. The molecule has 0 unspecified atom stereocenters. The summed E-state index contributed by atoms with van der Waals surface area (Å²) in [5, 5.41) is 2.94. The maximum atomic E-state index is 13.2. The van der Waals surface area contributed by atoms with E-state index < -0.39 is 0 Å². The predicted octanol–water partition coefficient (Wildman–Crippen LogP) is 3.02. The van der Waals surface area contributed by atoms with Gasteiger partial charge >= 0.3 is 0 Å². The number of fused-ring (bicyclic) bond motifs is 2. The summed E-state index contributed by atoms with van der Waals surface area (Å²) in [7, 11) is 0. The van der Waals surface area contributed by atoms with Crippen LogP contribution >= 0.6 is 0 Å². The van der Waals surface area contributed by atoms with E-state index in [-0.39, 0.29) is 11.8 Å². The molecule has 3 heterocycles. The number of anilines is 3. The summed E-state index contributed by atoms with van der Waals surface area (Å²) in [5.41, 5.74) is 3.87. The molecule has 2 aromatic rings. The highest BCUT2D eigenvalue weighted by molar-refractivity contribution is 6.17. The molecule has 1 aromatic carbocycles. The number of carbonyl (C=O) groups is 2. The van der Waals surface area contributed by atoms with Gasteiger partial charge in [0.15, 0.2) is 5.82 Å². The van der Waals surface area contributed by atoms with E-state index in [9.17, 15) is 9.59 Å². The standard InChI is InChI=1S/C20H22N4O2/c1-13-10-16-17(11-14(13)2)24(18(25)12-23-8-3-4-9-23)19-15(20(26)22-16)6-5-7-21-19/h5-7,10-11H,3-4,8-9,12H2,1-2H3,(H,22,26). The topological polar surface area (TPSA) is 65.5 Å². The molecule has 0 saturated carbocycles. The molecular formula is C20H22N4O2. The van der Waals surface area contributed by atoms with Crippen LogP contribution in [0, 0.1) is 13.8 Å². The summed E-state index contributed by atoms with van der Waals surface area (Å²) >= 11 is 0. The molecular weight excluding hydrogens is 328 g/mol. The van der Waals surface area contributed by atoms with Crippen LogP contribution in [0.15, 0.2) is 30.5 Å². The predicted molar refractivity (Wildman–Crippen MR) is 101 cm³/mol. The summed E-state index contributed by atoms with van der Waals surface area (Å²) in [6, 6.07) is 7.30. The second kappa shape index (κ2) is 6.53. The van der Waals surface area contributed by atoms with Gasteiger partial charge in [-0.3, -0.25) is 19.4 Å². The van der Waals surface area contributed by atoms with Crippen molar-refractivity contribution in [2.75, 3.05) is 29.9 Å². The summed E-state index contributed by atoms with van der Waals surface area (Å²) in [6.45, 7) is 6.20. The van der Waals surface area contributed by atoms with Crippen molar-refractivity contribution in [3.05, 3.63) is 47.2 Å². The third kappa shape index (κ3) is 2.86. The van der Waals surface area contributed by atoms with E-state index in [1.165, 1.54) is 0 Å². The number of hydrogen-bond acceptors (Lipinski definition) is 4. The highest BCUT2D eigenvalue weighted by atomic mass is 16.2. The van der Waals surface area contributed by atoms with Crippen molar-refractivity contribution in [1.29, 1.82) is 0 Å². The number of nitrogens with one attached hydrogen (secondary N) is 1. The lowest BCUT2D eigenvalue weighted by molar-refractivity contribution is -0.118. The van der Waals surface area contributed by atoms with Gasteiger partial charge in [-0.05, 0) is 75.2 Å². The Bertz CT molecular complexity index is 887. The van der Waals surface area contributed by atoms with Gasteiger partial charge in [0.2, 0.25) is 5.91 Å². The van der Waals surface area contributed by atoms with E-state index in [4.69, 9.17) is 0 Å². The number of nitrogens with zero attached hydrogens (tertiary/aromatic N) is 3. The number of hydrogen-bond donors (Lipinski definition) is 1. The molecule has 2 aliphatic heterocycles. The van der Waals surface area contributed by atoms with Crippen molar-refractivity contribution in [1.82, 2.24) is 9.88 Å². The fraction of sp³-hybridized carbons (Fsp3) is 0.350. The van der Waals surface area contributed by atoms with Crippen molar-refractivity contribution >= 4 is 29.0 Å². The molecule has 0 spiro atoms. The second-order valence-corrected chi connectivity index (χ2v) is 6.99. The molecule has 4 rings (SSSR count). The summed E-state index contributed by atoms with van der Waals surface area (Å²) in [5.74, 6) is 0.0955. The van der Waals surface area contributed by atoms with Crippen LogP contribution in [0.3, 0.4) is 0 Å². The molecule has 26 heavy (non-hydrogen) atoms. The van der Waals surface area contributed by atoms with E-state index in [2.05, 4.69) is 15.2 Å². The van der Waals surface area contributed by atoms with Gasteiger partial charge in [-0.2, -0.15) is 0 Å². The van der Waals surface area contributed by atoms with Gasteiger partial charge in [0, 0.05) is 6.20 Å². The van der Waals surface area contributed by atoms with Crippen LogP contribution in [0.4, 0.5) is 17.2 Å². The van der Waals surface area contributed by atoms with Crippen molar-refractivity contribution < 1.29 is 9.59 Å². The zero-order valence-corrected chi connectivity index (χ0v) is 15.1. The van der Waals surface area contributed by atoms with Crippen molar-refractivity contribution in [2.45, 2.75) is 26.7 Å². The largest absolute Gasteiger partial charge is 0.320 e. The summed E-state index contributed by atoms with van der Waals surface area (Å²) in [6.07, 6.45) is 3.86. The number of aromatic nitrogens is 1. The monoisotopic (exact) mass is 350 g/mol. The molecule has 134 valence electrons. The summed E-state index contributed by atoms with van der Waals surface area (Å²) < 4.78 is 0. The minimum absolute atomic E-state index is 0.0622. The van der Waals surface area contributed by atoms with Crippen molar-refractivity contribution in [3.8, 4) is 0 Å². The lowest BCUT2D eigenvalue weighted by Crippen LogP contribution is -2.37. The van der Waals surface area contributed by atoms with E-state index in [1.807, 2.05) is 26.0 Å². The minimum atomic E-state index is -0.242. The molecule has 0 bridgehead atoms. The Morgan fingerprint density at radius 1 is 1.19 bits per heavy atom. The molecule has 2 aliphatic rings. The van der Waals surface area contributed by atoms with E-state index >= 15 is 0 Å². The van der Waals surface area contributed by atoms with Gasteiger partial charge in [0.25, 0.3) is 5.91 Å². The first kappa shape index (κ1) is 16.7. The highest BCUT2D eigenvalue weighted by Crippen LogP contribution is 2.38. The van der Waals surface area contributed by atoms with Gasteiger partial charge in [-0.25, -0.2) is 4.98 Å². The van der Waals surface area contributed by atoms with Crippen LogP contribution in [0.1, 0.15) is 34.3 Å². The maximum absolute atomic E-state index is 13.2. The van der Waals surface area contributed by atoms with Crippen LogP contribution in [0.2, 0.25) is 0 Å². The Balaban J connectivity index is 1.84. The fourth-order valence-electron chi connectivity index (χ4n) is 3.60. The van der Waals surface area contributed by atoms with Gasteiger partial charge in [-0.1, -0.05) is 0 Å². The quantitative estimate of drug-likeness (QED) is 0.904. The van der Waals surface area contributed by atoms with E-state index in [0.717, 1.165) is 37.1 Å². The Morgan fingerprint density at radius 2 is 1.92 bits per heavy atom. The maximum Gasteiger partial charge on any atom is 0.259 e. The van der Waals surface area contributed by atoms with Crippen LogP contribution in [-0.4, -0.2) is 41.3 Å². The Labute approximate surface area is 152 Å². The number of pyridine rings is 1. The minimum Gasteiger partial charge on any atom is -0.320 e. The van der Waals surface area contributed by atoms with Crippen LogP contribution < -0.4 is 10.2 Å². The molecule has 1 N–H and O–H groups in total. The van der Waals surface area contributed by atoms with E-state index in [1.54, 1.807) is 23.2 Å². The zero-order chi connectivity index (χ0) is 18.3. The smallest absolute Gasteiger partial charge is 0.259 e. The number of aryl methyl sites for hydroxylation is 2. The molecule has 0 aliphatic carbocycles. The number of amides is 2. The fourth-order valence-corrected chi connectivity index (χ4v) is 3.60. The van der Waals surface area contributed by atoms with E-state index in [0.29, 0.717) is 29.3 Å². The van der Waals surface area contributed by atoms with Crippen LogP contribution in [0.25, 0.3) is 0 Å². The van der Waals surface area contributed by atoms with Crippen LogP contribution in [0.5, 0.6) is 0 Å². The molecule has 6 nitrogen and oxygen atoms in total. The SMILES string of the molecule is Cc1cc2c(cc1C)N(C(=O)CN1CCCC1)c1ncccc1C(=O)N2. The molecule has 1 aromatic heterocycles. The van der Waals surface area contributed by atoms with Crippen molar-refractivity contribution in [2.24, 2.45) is 0 Å². The zero-order valence-electron chi connectivity index (χ0n) is 15.1. The second-order valence-electron chi connectivity index (χ2n) is 6.99. The Hall–Kier alpha value is -2.73. The summed E-state index contributed by atoms with van der Waals surface area (Å²) in [4.78, 5) is 34.1. The number of carbonyl (C=O) groups excluding carboxylic acids is 2. The molecule has 0 radical (unpaired) electrons. The molecule has 0 atom stereocenters. The average Bonchev–Trinajstić information content (AvgIpc) is 3.08. The molecule has 1 saturated heterocycles. The number of likely N-dealkylation sites (tertiary alicyclic amines) is 1. The third-order valence-electron chi connectivity index (χ3n) is 5.15. The van der Waals surface area contributed by atoms with Gasteiger partial charge in [0.1, 0.15) is 0 Å². The normalized spacial score (nSPS) is 16.7. The first-order valence-electron chi connectivity index (χ1n) is 8.97. The van der Waals surface area contributed by atoms with Crippen molar-refractivity contribution in [3.63, 3.8) is 0 Å². The highest BCUT2D eigenvalue weighted by Gasteiger charge is 2.32. The van der Waals surface area contributed by atoms with Gasteiger partial charge < -0.3 is 5.32 Å². The number of benzene rings is 1. The lowest BCUT2D eigenvalue weighted by atomic mass is 10.1. The average molecular weight is 350 g/mol. The molecule has 2 amide bonds. The van der Waals surface area contributed by atoms with Gasteiger partial charge in [-0.15, -0.1) is 0 Å². The third-order valence-corrected chi connectivity index (χ3v) is 5.15. The van der Waals surface area contributed by atoms with Gasteiger partial charge in [0.05, 0.1) is 23.5 Å². The lowest BCUT2D eigenvalue weighted by Gasteiger charge is -2.26. The first-order valence-corrected chi connectivity index (χ1v) is 8.97.